The number of hydrogen-bond donors (Lipinski definition) is 1. The van der Waals surface area contributed by atoms with Gasteiger partial charge in [-0.1, -0.05) is 0 Å². The third-order valence-corrected chi connectivity index (χ3v) is 4.78. The molecule has 0 spiro atoms. The third-order valence-electron chi connectivity index (χ3n) is 1.58. The normalized spacial score (nSPS) is 10.9. The van der Waals surface area contributed by atoms with Gasteiger partial charge in [0.1, 0.15) is 5.82 Å². The number of hydrogen-bond acceptors (Lipinski definition) is 2. The Morgan fingerprint density at radius 1 is 1.42 bits per heavy atom. The van der Waals surface area contributed by atoms with E-state index in [-0.39, 0.29) is 5.82 Å². The van der Waals surface area contributed by atoms with Crippen molar-refractivity contribution in [2.75, 3.05) is 0 Å². The first-order chi connectivity index (χ1) is 5.68. The lowest BCUT2D eigenvalue weighted by atomic mass is 10.2. The van der Waals surface area contributed by atoms with Crippen LogP contribution in [0, 0.1) is 8.70 Å². The van der Waals surface area contributed by atoms with E-state index in [1.807, 2.05) is 0 Å². The monoisotopic (exact) mass is 310 g/mol. The van der Waals surface area contributed by atoms with Gasteiger partial charge in [-0.2, -0.15) is 0 Å². The number of benzene rings is 1. The van der Waals surface area contributed by atoms with Crippen LogP contribution in [0.15, 0.2) is 23.1 Å². The van der Waals surface area contributed by atoms with Crippen molar-refractivity contribution in [2.45, 2.75) is 4.90 Å². The molecule has 62 valence electrons. The van der Waals surface area contributed by atoms with Gasteiger partial charge in [-0.05, 0) is 40.8 Å². The lowest BCUT2D eigenvalue weighted by Gasteiger charge is -1.90. The molecule has 0 atom stereocenters. The standard InChI is InChI=1S/C8H4FIS2/c9-4-1-2-6-5(3-4)7(11)8(10)12-6/h1-3,11H. The second-order valence-corrected chi connectivity index (χ2v) is 5.68. The van der Waals surface area contributed by atoms with Crippen molar-refractivity contribution in [1.82, 2.24) is 0 Å². The highest BCUT2D eigenvalue weighted by Gasteiger charge is 2.06. The maximum Gasteiger partial charge on any atom is 0.123 e. The van der Waals surface area contributed by atoms with E-state index in [2.05, 4.69) is 35.2 Å². The molecular formula is C8H4FIS2. The molecule has 2 rings (SSSR count). The minimum Gasteiger partial charge on any atom is -0.207 e. The SMILES string of the molecule is Fc1ccc2sc(I)c(S)c2c1. The number of halogens is 2. The first kappa shape index (κ1) is 8.77. The molecule has 0 amide bonds. The first-order valence-corrected chi connectivity index (χ1v) is 5.59. The number of thiophene rings is 1. The van der Waals surface area contributed by atoms with Gasteiger partial charge < -0.3 is 0 Å². The Labute approximate surface area is 92.3 Å². The first-order valence-electron chi connectivity index (χ1n) is 3.25. The minimum absolute atomic E-state index is 0.202. The van der Waals surface area contributed by atoms with Gasteiger partial charge >= 0.3 is 0 Å². The summed E-state index contributed by atoms with van der Waals surface area (Å²) < 4.78 is 15.0. The molecule has 0 aliphatic carbocycles. The molecule has 0 saturated carbocycles. The highest BCUT2D eigenvalue weighted by molar-refractivity contribution is 14.1. The van der Waals surface area contributed by atoms with Crippen molar-refractivity contribution in [3.8, 4) is 0 Å². The summed E-state index contributed by atoms with van der Waals surface area (Å²) in [5, 5.41) is 0.910. The van der Waals surface area contributed by atoms with Crippen LogP contribution in [0.3, 0.4) is 0 Å². The van der Waals surface area contributed by atoms with Crippen LogP contribution in [0.1, 0.15) is 0 Å². The van der Waals surface area contributed by atoms with Crippen molar-refractivity contribution in [3.63, 3.8) is 0 Å². The summed E-state index contributed by atoms with van der Waals surface area (Å²) in [6, 6.07) is 4.79. The summed E-state index contributed by atoms with van der Waals surface area (Å²) in [5.74, 6) is -0.202. The average Bonchev–Trinajstić information content (AvgIpc) is 2.31. The highest BCUT2D eigenvalue weighted by Crippen LogP contribution is 2.34. The zero-order valence-electron chi connectivity index (χ0n) is 5.84. The Kier molecular flexibility index (Phi) is 2.31. The van der Waals surface area contributed by atoms with E-state index in [1.54, 1.807) is 17.4 Å². The van der Waals surface area contributed by atoms with Crippen LogP contribution >= 0.6 is 46.6 Å². The predicted molar refractivity (Wildman–Crippen MR) is 61.8 cm³/mol. The van der Waals surface area contributed by atoms with Gasteiger partial charge in [0.05, 0.1) is 2.88 Å². The second-order valence-electron chi connectivity index (χ2n) is 2.36. The topological polar surface area (TPSA) is 0 Å². The molecule has 1 heterocycles. The predicted octanol–water partition coefficient (Wildman–Crippen LogP) is 3.93. The van der Waals surface area contributed by atoms with Gasteiger partial charge in [-0.25, -0.2) is 4.39 Å². The minimum atomic E-state index is -0.202. The van der Waals surface area contributed by atoms with Crippen LogP contribution in [-0.2, 0) is 0 Å². The molecule has 0 saturated heterocycles. The fourth-order valence-corrected chi connectivity index (χ4v) is 3.23. The maximum absolute atomic E-state index is 12.8. The molecule has 1 aromatic heterocycles. The fourth-order valence-electron chi connectivity index (χ4n) is 1.03. The van der Waals surface area contributed by atoms with Crippen molar-refractivity contribution < 1.29 is 4.39 Å². The molecule has 0 aliphatic heterocycles. The van der Waals surface area contributed by atoms with Gasteiger partial charge in [0, 0.05) is 15.0 Å². The molecule has 0 aliphatic rings. The molecule has 0 radical (unpaired) electrons. The molecule has 0 fully saturated rings. The van der Waals surface area contributed by atoms with Crippen LogP contribution in [-0.4, -0.2) is 0 Å². The molecular weight excluding hydrogens is 306 g/mol. The van der Waals surface area contributed by atoms with Gasteiger partial charge in [0.15, 0.2) is 0 Å². The van der Waals surface area contributed by atoms with Gasteiger partial charge in [-0.15, -0.1) is 24.0 Å². The number of fused-ring (bicyclic) bond motifs is 1. The van der Waals surface area contributed by atoms with Crippen LogP contribution in [0.25, 0.3) is 10.1 Å². The molecule has 0 N–H and O–H groups in total. The summed E-state index contributed by atoms with van der Waals surface area (Å²) >= 11 is 8.14. The summed E-state index contributed by atoms with van der Waals surface area (Å²) in [6.07, 6.45) is 0. The molecule has 2 aromatic rings. The lowest BCUT2D eigenvalue weighted by molar-refractivity contribution is 0.629. The van der Waals surface area contributed by atoms with E-state index >= 15 is 0 Å². The van der Waals surface area contributed by atoms with Crippen LogP contribution in [0.4, 0.5) is 4.39 Å². The summed E-state index contributed by atoms with van der Waals surface area (Å²) in [7, 11) is 0. The Hall–Kier alpha value is 0.190. The van der Waals surface area contributed by atoms with E-state index in [0.717, 1.165) is 17.9 Å². The number of rotatable bonds is 0. The molecule has 0 nitrogen and oxygen atoms in total. The average molecular weight is 310 g/mol. The molecule has 12 heavy (non-hydrogen) atoms. The zero-order chi connectivity index (χ0) is 8.72. The van der Waals surface area contributed by atoms with Crippen molar-refractivity contribution in [2.24, 2.45) is 0 Å². The molecule has 1 aromatic carbocycles. The zero-order valence-corrected chi connectivity index (χ0v) is 9.71. The van der Waals surface area contributed by atoms with E-state index in [9.17, 15) is 4.39 Å². The quantitative estimate of drug-likeness (QED) is 0.553. The van der Waals surface area contributed by atoms with Crippen LogP contribution in [0.5, 0.6) is 0 Å². The van der Waals surface area contributed by atoms with Crippen LogP contribution in [0.2, 0.25) is 0 Å². The molecule has 0 bridgehead atoms. The molecule has 4 heteroatoms. The Morgan fingerprint density at radius 2 is 2.17 bits per heavy atom. The van der Waals surface area contributed by atoms with E-state index in [1.165, 1.54) is 12.1 Å². The Morgan fingerprint density at radius 3 is 2.92 bits per heavy atom. The van der Waals surface area contributed by atoms with Crippen molar-refractivity contribution in [1.29, 1.82) is 0 Å². The van der Waals surface area contributed by atoms with E-state index < -0.39 is 0 Å². The summed E-state index contributed by atoms with van der Waals surface area (Å²) in [5.41, 5.74) is 0. The van der Waals surface area contributed by atoms with Gasteiger partial charge in [0.25, 0.3) is 0 Å². The van der Waals surface area contributed by atoms with Gasteiger partial charge in [0.2, 0.25) is 0 Å². The Balaban J connectivity index is 2.88. The van der Waals surface area contributed by atoms with Crippen LogP contribution < -0.4 is 0 Å². The van der Waals surface area contributed by atoms with E-state index in [0.29, 0.717) is 0 Å². The van der Waals surface area contributed by atoms with Crippen molar-refractivity contribution >= 4 is 56.6 Å². The number of thiol groups is 1. The fraction of sp³-hybridized carbons (Fsp3) is 0. The van der Waals surface area contributed by atoms with E-state index in [4.69, 9.17) is 0 Å². The maximum atomic E-state index is 12.8. The largest absolute Gasteiger partial charge is 0.207 e. The third kappa shape index (κ3) is 1.36. The Bertz CT molecular complexity index is 436. The van der Waals surface area contributed by atoms with Gasteiger partial charge in [-0.3, -0.25) is 0 Å². The smallest absolute Gasteiger partial charge is 0.123 e. The lowest BCUT2D eigenvalue weighted by Crippen LogP contribution is -1.70. The molecule has 0 unspecified atom stereocenters. The highest BCUT2D eigenvalue weighted by atomic mass is 127. The van der Waals surface area contributed by atoms with Crippen molar-refractivity contribution in [3.05, 3.63) is 26.9 Å². The second kappa shape index (κ2) is 3.16. The summed E-state index contributed by atoms with van der Waals surface area (Å²) in [6.45, 7) is 0. The summed E-state index contributed by atoms with van der Waals surface area (Å²) in [4.78, 5) is 0.884.